The Morgan fingerprint density at radius 2 is 2.07 bits per heavy atom. The topological polar surface area (TPSA) is 29.5 Å². The first kappa shape index (κ1) is 12.5. The van der Waals surface area contributed by atoms with E-state index in [0.717, 1.165) is 16.6 Å². The molecule has 0 heterocycles. The maximum Gasteiger partial charge on any atom is 0.119 e. The molecule has 84 valence electrons. The van der Waals surface area contributed by atoms with Crippen molar-refractivity contribution in [3.8, 4) is 5.75 Å². The molecular formula is C12H17BrO2. The highest BCUT2D eigenvalue weighted by molar-refractivity contribution is 9.10. The van der Waals surface area contributed by atoms with Gasteiger partial charge in [-0.3, -0.25) is 0 Å². The van der Waals surface area contributed by atoms with Crippen LogP contribution in [-0.2, 0) is 6.42 Å². The normalized spacial score (nSPS) is 14.7. The molecule has 15 heavy (non-hydrogen) atoms. The van der Waals surface area contributed by atoms with Gasteiger partial charge in [-0.25, -0.2) is 0 Å². The Balaban J connectivity index is 2.83. The molecule has 1 aromatic rings. The molecule has 2 nitrogen and oxygen atoms in total. The Labute approximate surface area is 99.4 Å². The lowest BCUT2D eigenvalue weighted by Crippen LogP contribution is -2.15. The van der Waals surface area contributed by atoms with Crippen LogP contribution in [0.5, 0.6) is 5.75 Å². The van der Waals surface area contributed by atoms with Crippen molar-refractivity contribution in [2.45, 2.75) is 26.4 Å². The molecule has 2 unspecified atom stereocenters. The number of rotatable bonds is 4. The summed E-state index contributed by atoms with van der Waals surface area (Å²) in [4.78, 5) is 0. The van der Waals surface area contributed by atoms with Crippen molar-refractivity contribution in [3.05, 3.63) is 28.2 Å². The van der Waals surface area contributed by atoms with Crippen LogP contribution in [0.15, 0.2) is 22.7 Å². The number of aliphatic hydroxyl groups is 1. The molecular weight excluding hydrogens is 256 g/mol. The predicted octanol–water partition coefficient (Wildman–Crippen LogP) is 3.02. The van der Waals surface area contributed by atoms with Gasteiger partial charge in [0.2, 0.25) is 0 Å². The molecule has 0 aliphatic rings. The van der Waals surface area contributed by atoms with E-state index in [1.54, 1.807) is 7.11 Å². The van der Waals surface area contributed by atoms with E-state index in [0.29, 0.717) is 0 Å². The van der Waals surface area contributed by atoms with Crippen LogP contribution in [0, 0.1) is 5.92 Å². The third-order valence-electron chi connectivity index (χ3n) is 2.62. The molecule has 0 amide bonds. The van der Waals surface area contributed by atoms with E-state index in [1.807, 2.05) is 32.0 Å². The van der Waals surface area contributed by atoms with Gasteiger partial charge in [-0.15, -0.1) is 0 Å². The van der Waals surface area contributed by atoms with Gasteiger partial charge in [0.25, 0.3) is 0 Å². The van der Waals surface area contributed by atoms with Crippen LogP contribution in [0.1, 0.15) is 19.4 Å². The largest absolute Gasteiger partial charge is 0.497 e. The van der Waals surface area contributed by atoms with Gasteiger partial charge < -0.3 is 9.84 Å². The Bertz CT molecular complexity index is 323. The fraction of sp³-hybridized carbons (Fsp3) is 0.500. The first-order valence-electron chi connectivity index (χ1n) is 5.05. The lowest BCUT2D eigenvalue weighted by atomic mass is 9.97. The molecule has 3 heteroatoms. The fourth-order valence-electron chi connectivity index (χ4n) is 1.35. The second-order valence-corrected chi connectivity index (χ2v) is 4.73. The molecule has 0 aliphatic carbocycles. The molecule has 0 spiro atoms. The average molecular weight is 273 g/mol. The second-order valence-electron chi connectivity index (χ2n) is 3.88. The molecule has 0 aromatic heterocycles. The first-order valence-corrected chi connectivity index (χ1v) is 5.84. The van der Waals surface area contributed by atoms with E-state index in [9.17, 15) is 5.11 Å². The number of hydrogen-bond acceptors (Lipinski definition) is 2. The van der Waals surface area contributed by atoms with E-state index in [-0.39, 0.29) is 12.0 Å². The number of aliphatic hydroxyl groups excluding tert-OH is 1. The number of hydrogen-bond donors (Lipinski definition) is 1. The van der Waals surface area contributed by atoms with Crippen LogP contribution in [0.4, 0.5) is 0 Å². The van der Waals surface area contributed by atoms with E-state index in [1.165, 1.54) is 5.56 Å². The molecule has 1 aromatic carbocycles. The molecule has 0 saturated heterocycles. The SMILES string of the molecule is COc1ccc(Br)c(CC(C)C(C)O)c1. The highest BCUT2D eigenvalue weighted by Crippen LogP contribution is 2.25. The monoisotopic (exact) mass is 272 g/mol. The Hall–Kier alpha value is -0.540. The van der Waals surface area contributed by atoms with Crippen molar-refractivity contribution in [1.29, 1.82) is 0 Å². The minimum absolute atomic E-state index is 0.244. The smallest absolute Gasteiger partial charge is 0.119 e. The quantitative estimate of drug-likeness (QED) is 0.913. The minimum atomic E-state index is -0.289. The average Bonchev–Trinajstić information content (AvgIpc) is 2.21. The van der Waals surface area contributed by atoms with Crippen LogP contribution in [0.2, 0.25) is 0 Å². The van der Waals surface area contributed by atoms with Gasteiger partial charge >= 0.3 is 0 Å². The molecule has 2 atom stereocenters. The summed E-state index contributed by atoms with van der Waals surface area (Å²) in [6.07, 6.45) is 0.554. The number of halogens is 1. The van der Waals surface area contributed by atoms with Gasteiger partial charge in [-0.05, 0) is 43.0 Å². The first-order chi connectivity index (χ1) is 7.04. The lowest BCUT2D eigenvalue weighted by molar-refractivity contribution is 0.135. The minimum Gasteiger partial charge on any atom is -0.497 e. The summed E-state index contributed by atoms with van der Waals surface area (Å²) in [6, 6.07) is 5.90. The second kappa shape index (κ2) is 5.52. The summed E-state index contributed by atoms with van der Waals surface area (Å²) in [6.45, 7) is 3.86. The zero-order valence-corrected chi connectivity index (χ0v) is 10.9. The highest BCUT2D eigenvalue weighted by Gasteiger charge is 2.12. The van der Waals surface area contributed by atoms with Crippen molar-refractivity contribution in [1.82, 2.24) is 0 Å². The fourth-order valence-corrected chi connectivity index (χ4v) is 1.76. The van der Waals surface area contributed by atoms with Crippen molar-refractivity contribution < 1.29 is 9.84 Å². The Morgan fingerprint density at radius 1 is 1.40 bits per heavy atom. The number of benzene rings is 1. The molecule has 0 fully saturated rings. The molecule has 0 aliphatic heterocycles. The van der Waals surface area contributed by atoms with Crippen molar-refractivity contribution in [2.75, 3.05) is 7.11 Å². The van der Waals surface area contributed by atoms with E-state index < -0.39 is 0 Å². The van der Waals surface area contributed by atoms with Gasteiger partial charge in [-0.2, -0.15) is 0 Å². The summed E-state index contributed by atoms with van der Waals surface area (Å²) in [5.74, 6) is 1.10. The van der Waals surface area contributed by atoms with E-state index in [4.69, 9.17) is 4.74 Å². The summed E-state index contributed by atoms with van der Waals surface area (Å²) in [7, 11) is 1.66. The zero-order valence-electron chi connectivity index (χ0n) is 9.33. The van der Waals surface area contributed by atoms with Crippen LogP contribution < -0.4 is 4.74 Å². The van der Waals surface area contributed by atoms with Crippen molar-refractivity contribution in [2.24, 2.45) is 5.92 Å². The molecule has 0 saturated carbocycles. The van der Waals surface area contributed by atoms with Gasteiger partial charge in [-0.1, -0.05) is 22.9 Å². The number of methoxy groups -OCH3 is 1. The van der Waals surface area contributed by atoms with Gasteiger partial charge in [0.05, 0.1) is 13.2 Å². The van der Waals surface area contributed by atoms with Crippen LogP contribution >= 0.6 is 15.9 Å². The molecule has 1 N–H and O–H groups in total. The molecule has 1 rings (SSSR count). The van der Waals surface area contributed by atoms with Gasteiger partial charge in [0.15, 0.2) is 0 Å². The van der Waals surface area contributed by atoms with Gasteiger partial charge in [0.1, 0.15) is 5.75 Å². The Morgan fingerprint density at radius 3 is 2.60 bits per heavy atom. The molecule has 0 radical (unpaired) electrons. The summed E-state index contributed by atoms with van der Waals surface area (Å²) >= 11 is 3.50. The standard InChI is InChI=1S/C12H17BrO2/c1-8(9(2)14)6-10-7-11(15-3)4-5-12(10)13/h4-5,7-9,14H,6H2,1-3H3. The Kier molecular flexibility index (Phi) is 4.61. The predicted molar refractivity (Wildman–Crippen MR) is 65.2 cm³/mol. The maximum absolute atomic E-state index is 9.45. The summed E-state index contributed by atoms with van der Waals surface area (Å²) in [5, 5.41) is 9.45. The maximum atomic E-state index is 9.45. The van der Waals surface area contributed by atoms with Crippen molar-refractivity contribution >= 4 is 15.9 Å². The van der Waals surface area contributed by atoms with E-state index >= 15 is 0 Å². The lowest BCUT2D eigenvalue weighted by Gasteiger charge is -2.16. The van der Waals surface area contributed by atoms with Gasteiger partial charge in [0, 0.05) is 4.47 Å². The van der Waals surface area contributed by atoms with Crippen LogP contribution in [-0.4, -0.2) is 18.3 Å². The van der Waals surface area contributed by atoms with E-state index in [2.05, 4.69) is 15.9 Å². The zero-order chi connectivity index (χ0) is 11.4. The third kappa shape index (κ3) is 3.50. The van der Waals surface area contributed by atoms with Crippen molar-refractivity contribution in [3.63, 3.8) is 0 Å². The summed E-state index contributed by atoms with van der Waals surface area (Å²) < 4.78 is 6.23. The van der Waals surface area contributed by atoms with Crippen LogP contribution in [0.25, 0.3) is 0 Å². The highest BCUT2D eigenvalue weighted by atomic mass is 79.9. The molecule has 0 bridgehead atoms. The third-order valence-corrected chi connectivity index (χ3v) is 3.39. The number of ether oxygens (including phenoxy) is 1. The summed E-state index contributed by atoms with van der Waals surface area (Å²) in [5.41, 5.74) is 1.17. The van der Waals surface area contributed by atoms with Crippen LogP contribution in [0.3, 0.4) is 0 Å².